The minimum atomic E-state index is -1.02. The average molecular weight is 309 g/mol. The van der Waals surface area contributed by atoms with E-state index in [9.17, 15) is 9.59 Å². The van der Waals surface area contributed by atoms with Gasteiger partial charge < -0.3 is 5.11 Å². The van der Waals surface area contributed by atoms with Crippen LogP contribution in [0.2, 0.25) is 0 Å². The molecule has 8 heteroatoms. The maximum Gasteiger partial charge on any atom is 0.328 e. The Morgan fingerprint density at radius 1 is 1.30 bits per heavy atom. The van der Waals surface area contributed by atoms with Gasteiger partial charge >= 0.3 is 5.97 Å². The predicted molar refractivity (Wildman–Crippen MR) is 78.3 cm³/mol. The number of carbonyl (C=O) groups is 2. The highest BCUT2D eigenvalue weighted by molar-refractivity contribution is 7.16. The van der Waals surface area contributed by atoms with E-state index in [1.807, 2.05) is 6.92 Å². The molecule has 1 amide bonds. The first kappa shape index (κ1) is 14.4. The van der Waals surface area contributed by atoms with Crippen LogP contribution < -0.4 is 5.32 Å². The van der Waals surface area contributed by atoms with Crippen molar-refractivity contribution < 1.29 is 14.7 Å². The van der Waals surface area contributed by atoms with E-state index in [0.717, 1.165) is 21.5 Å². The fourth-order valence-corrected chi connectivity index (χ4v) is 2.99. The number of nitrogens with zero attached hydrogens (tertiary/aromatic N) is 2. The van der Waals surface area contributed by atoms with E-state index in [2.05, 4.69) is 15.5 Å². The number of nitrogens with one attached hydrogen (secondary N) is 1. The molecule has 0 aromatic carbocycles. The molecule has 0 saturated carbocycles. The molecular weight excluding hydrogens is 298 g/mol. The van der Waals surface area contributed by atoms with Gasteiger partial charge in [0, 0.05) is 11.0 Å². The summed E-state index contributed by atoms with van der Waals surface area (Å²) in [7, 11) is 0. The highest BCUT2D eigenvalue weighted by atomic mass is 32.1. The lowest BCUT2D eigenvalue weighted by molar-refractivity contribution is -0.131. The first-order valence-electron chi connectivity index (χ1n) is 5.58. The highest BCUT2D eigenvalue weighted by Crippen LogP contribution is 2.24. The Hall–Kier alpha value is -2.06. The van der Waals surface area contributed by atoms with Gasteiger partial charge in [0.15, 0.2) is 0 Å². The molecule has 0 radical (unpaired) electrons. The van der Waals surface area contributed by atoms with Crippen molar-refractivity contribution in [2.45, 2.75) is 13.8 Å². The number of aromatic nitrogens is 2. The molecule has 0 saturated heterocycles. The molecule has 2 aromatic heterocycles. The number of aliphatic carboxylic acids is 1. The Kier molecular flexibility index (Phi) is 4.26. The fraction of sp³-hybridized carbons (Fsp3) is 0.167. The zero-order valence-corrected chi connectivity index (χ0v) is 12.3. The molecule has 0 bridgehead atoms. The summed E-state index contributed by atoms with van der Waals surface area (Å²) in [5.41, 5.74) is 0.853. The Labute approximate surface area is 122 Å². The molecule has 2 heterocycles. The molecule has 0 aliphatic carbocycles. The Balaban J connectivity index is 2.15. The molecule has 0 spiro atoms. The molecule has 20 heavy (non-hydrogen) atoms. The van der Waals surface area contributed by atoms with E-state index in [4.69, 9.17) is 5.11 Å². The van der Waals surface area contributed by atoms with E-state index in [0.29, 0.717) is 10.0 Å². The van der Waals surface area contributed by atoms with Gasteiger partial charge in [-0.15, -0.1) is 21.5 Å². The monoisotopic (exact) mass is 309 g/mol. The number of carbonyl (C=O) groups excluding carboxylic acids is 1. The van der Waals surface area contributed by atoms with Gasteiger partial charge in [-0.1, -0.05) is 11.3 Å². The third kappa shape index (κ3) is 3.49. The molecule has 2 rings (SSSR count). The molecule has 2 aromatic rings. The first-order valence-corrected chi connectivity index (χ1v) is 7.22. The summed E-state index contributed by atoms with van der Waals surface area (Å²) >= 11 is 2.52. The lowest BCUT2D eigenvalue weighted by Gasteiger charge is -1.96. The molecular formula is C12H11N3O3S2. The van der Waals surface area contributed by atoms with Crippen molar-refractivity contribution in [3.05, 3.63) is 32.5 Å². The van der Waals surface area contributed by atoms with Crippen LogP contribution in [0.1, 0.15) is 25.1 Å². The minimum Gasteiger partial charge on any atom is -0.478 e. The van der Waals surface area contributed by atoms with E-state index < -0.39 is 5.97 Å². The second-order valence-corrected chi connectivity index (χ2v) is 6.18. The number of thiophene rings is 1. The van der Waals surface area contributed by atoms with Crippen molar-refractivity contribution in [3.63, 3.8) is 0 Å². The molecule has 0 unspecified atom stereocenters. The van der Waals surface area contributed by atoms with Crippen molar-refractivity contribution in [1.82, 2.24) is 10.2 Å². The van der Waals surface area contributed by atoms with Crippen molar-refractivity contribution >= 4 is 45.8 Å². The van der Waals surface area contributed by atoms with Gasteiger partial charge in [0.05, 0.1) is 4.88 Å². The van der Waals surface area contributed by atoms with Crippen molar-refractivity contribution in [2.75, 3.05) is 5.32 Å². The summed E-state index contributed by atoms with van der Waals surface area (Å²) in [6, 6.07) is 1.72. The number of hydrogen-bond donors (Lipinski definition) is 2. The zero-order valence-electron chi connectivity index (χ0n) is 10.7. The van der Waals surface area contributed by atoms with Crippen molar-refractivity contribution in [1.29, 1.82) is 0 Å². The summed E-state index contributed by atoms with van der Waals surface area (Å²) < 4.78 is 0. The van der Waals surface area contributed by atoms with Crippen LogP contribution >= 0.6 is 22.7 Å². The normalized spacial score (nSPS) is 10.9. The highest BCUT2D eigenvalue weighted by Gasteiger charge is 2.13. The fourth-order valence-electron chi connectivity index (χ4n) is 1.43. The second-order valence-electron chi connectivity index (χ2n) is 3.91. The predicted octanol–water partition coefficient (Wildman–Crippen LogP) is 2.57. The molecule has 104 valence electrons. The topological polar surface area (TPSA) is 92.2 Å². The summed E-state index contributed by atoms with van der Waals surface area (Å²) in [6.07, 6.45) is 2.53. The Morgan fingerprint density at radius 3 is 2.65 bits per heavy atom. The number of hydrogen-bond acceptors (Lipinski definition) is 6. The molecule has 2 N–H and O–H groups in total. The van der Waals surface area contributed by atoms with Crippen LogP contribution in [0.15, 0.2) is 12.1 Å². The lowest BCUT2D eigenvalue weighted by Crippen LogP contribution is -2.09. The first-order chi connectivity index (χ1) is 9.45. The van der Waals surface area contributed by atoms with Crippen LogP contribution in [-0.4, -0.2) is 27.2 Å². The van der Waals surface area contributed by atoms with Crippen molar-refractivity contribution in [3.8, 4) is 0 Å². The number of aryl methyl sites for hydroxylation is 2. The van der Waals surface area contributed by atoms with Gasteiger partial charge in [0.2, 0.25) is 5.13 Å². The van der Waals surface area contributed by atoms with Gasteiger partial charge in [0.1, 0.15) is 5.01 Å². The van der Waals surface area contributed by atoms with Gasteiger partial charge in [-0.3, -0.25) is 10.1 Å². The van der Waals surface area contributed by atoms with Gasteiger partial charge in [-0.05, 0) is 31.6 Å². The molecule has 0 fully saturated rings. The maximum atomic E-state index is 12.0. The SMILES string of the molecule is Cc1nnc(NC(=O)c2cc(C)c(/C=C/C(=O)O)s2)s1. The Morgan fingerprint density at radius 2 is 2.05 bits per heavy atom. The largest absolute Gasteiger partial charge is 0.478 e. The van der Waals surface area contributed by atoms with Crippen molar-refractivity contribution in [2.24, 2.45) is 0 Å². The summed E-state index contributed by atoms with van der Waals surface area (Å²) in [5.74, 6) is -1.29. The van der Waals surface area contributed by atoms with Crippen LogP contribution in [0.25, 0.3) is 6.08 Å². The number of rotatable bonds is 4. The average Bonchev–Trinajstić information content (AvgIpc) is 2.93. The number of carboxylic acids is 1. The molecule has 0 aliphatic rings. The van der Waals surface area contributed by atoms with Crippen LogP contribution in [-0.2, 0) is 4.79 Å². The summed E-state index contributed by atoms with van der Waals surface area (Å²) in [5, 5.41) is 20.1. The maximum absolute atomic E-state index is 12.0. The van der Waals surface area contributed by atoms with Crippen LogP contribution in [0.4, 0.5) is 5.13 Å². The van der Waals surface area contributed by atoms with E-state index in [-0.39, 0.29) is 5.91 Å². The van der Waals surface area contributed by atoms with Crippen LogP contribution in [0.5, 0.6) is 0 Å². The van der Waals surface area contributed by atoms with Gasteiger partial charge in [-0.25, -0.2) is 4.79 Å². The molecule has 0 atom stereocenters. The summed E-state index contributed by atoms with van der Waals surface area (Å²) in [6.45, 7) is 3.63. The lowest BCUT2D eigenvalue weighted by atomic mass is 10.2. The zero-order chi connectivity index (χ0) is 14.7. The minimum absolute atomic E-state index is 0.274. The van der Waals surface area contributed by atoms with Crippen LogP contribution in [0, 0.1) is 13.8 Å². The summed E-state index contributed by atoms with van der Waals surface area (Å²) in [4.78, 5) is 23.8. The number of carboxylic acid groups (broad SMARTS) is 1. The third-order valence-electron chi connectivity index (χ3n) is 2.30. The van der Waals surface area contributed by atoms with Gasteiger partial charge in [0.25, 0.3) is 5.91 Å². The van der Waals surface area contributed by atoms with E-state index in [1.54, 1.807) is 13.0 Å². The Bertz CT molecular complexity index is 688. The second kappa shape index (κ2) is 5.93. The third-order valence-corrected chi connectivity index (χ3v) is 4.26. The quantitative estimate of drug-likeness (QED) is 0.847. The van der Waals surface area contributed by atoms with Crippen LogP contribution in [0.3, 0.4) is 0 Å². The smallest absolute Gasteiger partial charge is 0.328 e. The molecule has 6 nitrogen and oxygen atoms in total. The standard InChI is InChI=1S/C12H11N3O3S2/c1-6-5-9(20-8(6)3-4-10(16)17)11(18)13-12-15-14-7(2)19-12/h3-5H,1-2H3,(H,16,17)(H,13,15,18)/b4-3+. The van der Waals surface area contributed by atoms with E-state index in [1.165, 1.54) is 28.7 Å². The van der Waals surface area contributed by atoms with E-state index >= 15 is 0 Å². The van der Waals surface area contributed by atoms with Gasteiger partial charge in [-0.2, -0.15) is 0 Å². The number of anilines is 1. The molecule has 0 aliphatic heterocycles. The number of amides is 1.